The fourth-order valence-electron chi connectivity index (χ4n) is 3.97. The third-order valence-corrected chi connectivity index (χ3v) is 5.79. The molecule has 0 unspecified atom stereocenters. The zero-order valence-corrected chi connectivity index (χ0v) is 16.2. The van der Waals surface area contributed by atoms with Gasteiger partial charge < -0.3 is 14.7 Å². The molecular formula is C21H29N5O. The summed E-state index contributed by atoms with van der Waals surface area (Å²) in [5.74, 6) is 0.754. The van der Waals surface area contributed by atoms with Gasteiger partial charge in [0, 0.05) is 57.8 Å². The summed E-state index contributed by atoms with van der Waals surface area (Å²) in [6.45, 7) is 6.78. The number of nitrogens with zero attached hydrogens (tertiary/aromatic N) is 4. The van der Waals surface area contributed by atoms with Gasteiger partial charge in [0.15, 0.2) is 0 Å². The molecule has 4 rings (SSSR count). The van der Waals surface area contributed by atoms with Gasteiger partial charge in [-0.3, -0.25) is 9.78 Å². The van der Waals surface area contributed by atoms with Gasteiger partial charge in [-0.05, 0) is 25.5 Å². The molecule has 0 atom stereocenters. The summed E-state index contributed by atoms with van der Waals surface area (Å²) >= 11 is 0. The van der Waals surface area contributed by atoms with E-state index in [0.29, 0.717) is 0 Å². The Balaban J connectivity index is 1.42. The molecule has 2 aromatic rings. The second-order valence-electron chi connectivity index (χ2n) is 7.68. The molecule has 1 saturated heterocycles. The molecule has 144 valence electrons. The smallest absolute Gasteiger partial charge is 0.255 e. The van der Waals surface area contributed by atoms with Crippen LogP contribution in [0.1, 0.15) is 16.8 Å². The van der Waals surface area contributed by atoms with Crippen LogP contribution in [0.15, 0.2) is 35.1 Å². The minimum atomic E-state index is 0.0545. The molecule has 0 radical (unpaired) electrons. The Bertz CT molecular complexity index is 811. The van der Waals surface area contributed by atoms with Crippen molar-refractivity contribution in [3.8, 4) is 0 Å². The van der Waals surface area contributed by atoms with Crippen LogP contribution in [0.5, 0.6) is 0 Å². The predicted octanol–water partition coefficient (Wildman–Crippen LogP) is 1.17. The van der Waals surface area contributed by atoms with Crippen LogP contribution in [0.4, 0.5) is 5.95 Å². The molecule has 6 heteroatoms. The van der Waals surface area contributed by atoms with Crippen molar-refractivity contribution in [1.82, 2.24) is 19.8 Å². The number of aromatic amines is 1. The van der Waals surface area contributed by atoms with Crippen molar-refractivity contribution >= 4 is 5.95 Å². The van der Waals surface area contributed by atoms with E-state index < -0.39 is 0 Å². The summed E-state index contributed by atoms with van der Waals surface area (Å²) in [7, 11) is 2.13. The number of rotatable bonds is 4. The molecule has 1 N–H and O–H groups in total. The van der Waals surface area contributed by atoms with Crippen LogP contribution in [0.2, 0.25) is 0 Å². The summed E-state index contributed by atoms with van der Waals surface area (Å²) in [4.78, 5) is 27.6. The molecule has 0 saturated carbocycles. The molecule has 0 spiro atoms. The maximum Gasteiger partial charge on any atom is 0.255 e. The molecule has 2 aliphatic rings. The lowest BCUT2D eigenvalue weighted by atomic mass is 10.1. The first kappa shape index (κ1) is 18.2. The number of fused-ring (bicyclic) bond motifs is 1. The van der Waals surface area contributed by atoms with Crippen molar-refractivity contribution in [2.45, 2.75) is 19.3 Å². The third-order valence-electron chi connectivity index (χ3n) is 5.79. The molecule has 1 fully saturated rings. The first-order valence-corrected chi connectivity index (χ1v) is 10.0. The van der Waals surface area contributed by atoms with Crippen molar-refractivity contribution in [3.05, 3.63) is 57.5 Å². The minimum absolute atomic E-state index is 0.0545. The molecule has 6 nitrogen and oxygen atoms in total. The summed E-state index contributed by atoms with van der Waals surface area (Å²) in [6.07, 6.45) is 2.69. The highest BCUT2D eigenvalue weighted by Gasteiger charge is 2.22. The summed E-state index contributed by atoms with van der Waals surface area (Å²) in [6, 6.07) is 10.6. The maximum atomic E-state index is 12.7. The first-order chi connectivity index (χ1) is 13.2. The van der Waals surface area contributed by atoms with Crippen LogP contribution in [0.25, 0.3) is 0 Å². The topological polar surface area (TPSA) is 55.5 Å². The standard InChI is InChI=1S/C21H29N5O/c1-24-13-15-26(16-14-24)21-22-19-9-12-25(11-8-18(19)20(27)23-21)10-7-17-5-3-2-4-6-17/h2-6H,7-16H2,1H3,(H,22,23,27). The zero-order valence-electron chi connectivity index (χ0n) is 16.2. The molecule has 2 aliphatic heterocycles. The molecule has 0 bridgehead atoms. The Morgan fingerprint density at radius 1 is 1.00 bits per heavy atom. The second-order valence-corrected chi connectivity index (χ2v) is 7.68. The van der Waals surface area contributed by atoms with Crippen molar-refractivity contribution in [3.63, 3.8) is 0 Å². The third kappa shape index (κ3) is 4.39. The molecule has 3 heterocycles. The van der Waals surface area contributed by atoms with Crippen LogP contribution < -0.4 is 10.5 Å². The quantitative estimate of drug-likeness (QED) is 0.879. The average molecular weight is 367 g/mol. The Kier molecular flexibility index (Phi) is 5.55. The van der Waals surface area contributed by atoms with Gasteiger partial charge in [0.2, 0.25) is 5.95 Å². The number of piperazine rings is 1. The normalized spacial score (nSPS) is 18.9. The van der Waals surface area contributed by atoms with Gasteiger partial charge in [0.25, 0.3) is 5.56 Å². The Morgan fingerprint density at radius 3 is 2.52 bits per heavy atom. The summed E-state index contributed by atoms with van der Waals surface area (Å²) in [5, 5.41) is 0. The van der Waals surface area contributed by atoms with E-state index in [1.54, 1.807) is 0 Å². The SMILES string of the molecule is CN1CCN(c2nc3c(c(=O)[nH]2)CCN(CCc2ccccc2)CC3)CC1. The van der Waals surface area contributed by atoms with E-state index in [9.17, 15) is 4.79 Å². The maximum absolute atomic E-state index is 12.7. The Hall–Kier alpha value is -2.18. The first-order valence-electron chi connectivity index (χ1n) is 10.0. The molecular weight excluding hydrogens is 338 g/mol. The Labute approximate surface area is 160 Å². The number of hydrogen-bond donors (Lipinski definition) is 1. The van der Waals surface area contributed by atoms with Gasteiger partial charge in [-0.15, -0.1) is 0 Å². The highest BCUT2D eigenvalue weighted by atomic mass is 16.1. The van der Waals surface area contributed by atoms with E-state index in [0.717, 1.165) is 82.3 Å². The zero-order chi connectivity index (χ0) is 18.6. The summed E-state index contributed by atoms with van der Waals surface area (Å²) < 4.78 is 0. The van der Waals surface area contributed by atoms with Crippen LogP contribution in [0, 0.1) is 0 Å². The van der Waals surface area contributed by atoms with E-state index >= 15 is 0 Å². The predicted molar refractivity (Wildman–Crippen MR) is 109 cm³/mol. The van der Waals surface area contributed by atoms with Gasteiger partial charge in [-0.25, -0.2) is 4.98 Å². The van der Waals surface area contributed by atoms with E-state index in [2.05, 4.69) is 57.1 Å². The van der Waals surface area contributed by atoms with Gasteiger partial charge in [0.05, 0.1) is 5.69 Å². The lowest BCUT2D eigenvalue weighted by molar-refractivity contribution is 0.290. The highest BCUT2D eigenvalue weighted by Crippen LogP contribution is 2.15. The number of likely N-dealkylation sites (N-methyl/N-ethyl adjacent to an activating group) is 1. The lowest BCUT2D eigenvalue weighted by Crippen LogP contribution is -2.45. The van der Waals surface area contributed by atoms with E-state index in [-0.39, 0.29) is 5.56 Å². The lowest BCUT2D eigenvalue weighted by Gasteiger charge is -2.32. The van der Waals surface area contributed by atoms with Crippen LogP contribution >= 0.6 is 0 Å². The minimum Gasteiger partial charge on any atom is -0.340 e. The van der Waals surface area contributed by atoms with Crippen molar-refractivity contribution in [1.29, 1.82) is 0 Å². The molecule has 27 heavy (non-hydrogen) atoms. The fraction of sp³-hybridized carbons (Fsp3) is 0.524. The monoisotopic (exact) mass is 367 g/mol. The molecule has 0 aliphatic carbocycles. The van der Waals surface area contributed by atoms with Crippen LogP contribution in [0.3, 0.4) is 0 Å². The molecule has 1 aromatic heterocycles. The van der Waals surface area contributed by atoms with Gasteiger partial charge in [-0.1, -0.05) is 30.3 Å². The molecule has 0 amide bonds. The van der Waals surface area contributed by atoms with E-state index in [4.69, 9.17) is 4.98 Å². The average Bonchev–Trinajstić information content (AvgIpc) is 2.90. The van der Waals surface area contributed by atoms with Gasteiger partial charge in [-0.2, -0.15) is 0 Å². The van der Waals surface area contributed by atoms with Gasteiger partial charge in [0.1, 0.15) is 0 Å². The number of aromatic nitrogens is 2. The Morgan fingerprint density at radius 2 is 1.74 bits per heavy atom. The van der Waals surface area contributed by atoms with Crippen LogP contribution in [-0.2, 0) is 19.3 Å². The van der Waals surface area contributed by atoms with Crippen molar-refractivity contribution < 1.29 is 0 Å². The number of nitrogens with one attached hydrogen (secondary N) is 1. The van der Waals surface area contributed by atoms with Crippen molar-refractivity contribution in [2.24, 2.45) is 0 Å². The van der Waals surface area contributed by atoms with E-state index in [1.807, 2.05) is 0 Å². The van der Waals surface area contributed by atoms with Crippen LogP contribution in [-0.4, -0.2) is 72.6 Å². The number of benzene rings is 1. The fourth-order valence-corrected chi connectivity index (χ4v) is 3.97. The number of H-pyrrole nitrogens is 1. The summed E-state index contributed by atoms with van der Waals surface area (Å²) in [5.41, 5.74) is 3.30. The van der Waals surface area contributed by atoms with E-state index in [1.165, 1.54) is 5.56 Å². The highest BCUT2D eigenvalue weighted by molar-refractivity contribution is 5.35. The number of anilines is 1. The number of hydrogen-bond acceptors (Lipinski definition) is 5. The second kappa shape index (κ2) is 8.23. The molecule has 1 aromatic carbocycles. The van der Waals surface area contributed by atoms with Crippen molar-refractivity contribution in [2.75, 3.05) is 57.8 Å². The largest absolute Gasteiger partial charge is 0.340 e. The van der Waals surface area contributed by atoms with Gasteiger partial charge >= 0.3 is 0 Å².